The Hall–Kier alpha value is -2.08. The summed E-state index contributed by atoms with van der Waals surface area (Å²) < 4.78 is 10.6. The minimum atomic E-state index is -0.587. The van der Waals surface area contributed by atoms with Gasteiger partial charge in [-0.15, -0.1) is 0 Å². The molecule has 0 spiro atoms. The molecule has 1 rings (SSSR count). The van der Waals surface area contributed by atoms with E-state index in [9.17, 15) is 9.59 Å². The molecule has 0 aliphatic heterocycles. The molecule has 0 aliphatic rings. The van der Waals surface area contributed by atoms with Gasteiger partial charge in [0.05, 0.1) is 6.61 Å². The third-order valence-corrected chi connectivity index (χ3v) is 3.43. The first-order chi connectivity index (χ1) is 11.7. The van der Waals surface area contributed by atoms with Gasteiger partial charge in [0.2, 0.25) is 11.8 Å². The minimum Gasteiger partial charge on any atom is -0.491 e. The zero-order valence-corrected chi connectivity index (χ0v) is 15.8. The molecule has 0 bridgehead atoms. The highest BCUT2D eigenvalue weighted by atomic mass is 16.5. The normalized spacial score (nSPS) is 12.4. The maximum Gasteiger partial charge on any atom is 0.242 e. The number of nitrogens with one attached hydrogen (secondary N) is 2. The number of hydrogen-bond donors (Lipinski definition) is 2. The second-order valence-corrected chi connectivity index (χ2v) is 7.19. The summed E-state index contributed by atoms with van der Waals surface area (Å²) >= 11 is 0. The van der Waals surface area contributed by atoms with Gasteiger partial charge in [0, 0.05) is 25.6 Å². The molecule has 25 heavy (non-hydrogen) atoms. The molecule has 1 aromatic rings. The third-order valence-electron chi connectivity index (χ3n) is 3.43. The van der Waals surface area contributed by atoms with Crippen molar-refractivity contribution in [2.45, 2.75) is 46.7 Å². The lowest BCUT2D eigenvalue weighted by Gasteiger charge is -2.20. The van der Waals surface area contributed by atoms with Crippen LogP contribution in [0.15, 0.2) is 24.3 Å². The zero-order valence-electron chi connectivity index (χ0n) is 15.8. The molecule has 1 atom stereocenters. The molecule has 6 nitrogen and oxygen atoms in total. The van der Waals surface area contributed by atoms with Gasteiger partial charge in [0.15, 0.2) is 0 Å². The van der Waals surface area contributed by atoms with E-state index in [2.05, 4.69) is 10.6 Å². The first kappa shape index (κ1) is 21.0. The van der Waals surface area contributed by atoms with Crippen molar-refractivity contribution < 1.29 is 19.1 Å². The molecule has 0 aromatic heterocycles. The Morgan fingerprint density at radius 1 is 1.16 bits per heavy atom. The SMILES string of the molecule is COCCOc1ccccc1CNC(=O)C(C)NC(=O)CC(C)(C)C. The second kappa shape index (κ2) is 10.0. The highest BCUT2D eigenvalue weighted by Gasteiger charge is 2.20. The van der Waals surface area contributed by atoms with Crippen molar-refractivity contribution in [2.75, 3.05) is 20.3 Å². The topological polar surface area (TPSA) is 76.7 Å². The van der Waals surface area contributed by atoms with Crippen LogP contribution in [0.1, 0.15) is 39.7 Å². The standard InChI is InChI=1S/C19H30N2O4/c1-14(21-17(22)12-19(2,3)4)18(23)20-13-15-8-6-7-9-16(15)25-11-10-24-5/h6-9,14H,10-13H2,1-5H3,(H,20,23)(H,21,22). The van der Waals surface area contributed by atoms with E-state index in [1.165, 1.54) is 0 Å². The number of para-hydroxylation sites is 1. The zero-order chi connectivity index (χ0) is 18.9. The van der Waals surface area contributed by atoms with Crippen LogP contribution >= 0.6 is 0 Å². The van der Waals surface area contributed by atoms with Gasteiger partial charge in [-0.3, -0.25) is 9.59 Å². The van der Waals surface area contributed by atoms with Gasteiger partial charge in [0.1, 0.15) is 18.4 Å². The number of carbonyl (C=O) groups excluding carboxylic acids is 2. The number of ether oxygens (including phenoxy) is 2. The van der Waals surface area contributed by atoms with E-state index in [-0.39, 0.29) is 17.2 Å². The second-order valence-electron chi connectivity index (χ2n) is 7.19. The lowest BCUT2D eigenvalue weighted by molar-refractivity contribution is -0.129. The predicted octanol–water partition coefficient (Wildman–Crippen LogP) is 2.27. The Morgan fingerprint density at radius 3 is 2.48 bits per heavy atom. The van der Waals surface area contributed by atoms with Crippen molar-refractivity contribution in [3.05, 3.63) is 29.8 Å². The average Bonchev–Trinajstić information content (AvgIpc) is 2.51. The predicted molar refractivity (Wildman–Crippen MR) is 97.3 cm³/mol. The number of carbonyl (C=O) groups is 2. The summed E-state index contributed by atoms with van der Waals surface area (Å²) in [6.07, 6.45) is 0.376. The Bertz CT molecular complexity index is 567. The molecule has 0 saturated heterocycles. The molecule has 140 valence electrons. The van der Waals surface area contributed by atoms with Crippen LogP contribution in [-0.4, -0.2) is 38.2 Å². The fourth-order valence-corrected chi connectivity index (χ4v) is 2.20. The largest absolute Gasteiger partial charge is 0.491 e. The van der Waals surface area contributed by atoms with Crippen LogP contribution in [0, 0.1) is 5.41 Å². The van der Waals surface area contributed by atoms with E-state index in [1.54, 1.807) is 14.0 Å². The Morgan fingerprint density at radius 2 is 1.84 bits per heavy atom. The number of hydrogen-bond acceptors (Lipinski definition) is 4. The van der Waals surface area contributed by atoms with Crippen molar-refractivity contribution in [2.24, 2.45) is 5.41 Å². The van der Waals surface area contributed by atoms with E-state index in [0.717, 1.165) is 5.56 Å². The Labute approximate surface area is 150 Å². The molecule has 0 aliphatic carbocycles. The molecule has 1 aromatic carbocycles. The van der Waals surface area contributed by atoms with Gasteiger partial charge in [0.25, 0.3) is 0 Å². The van der Waals surface area contributed by atoms with Crippen molar-refractivity contribution in [3.63, 3.8) is 0 Å². The number of rotatable bonds is 9. The van der Waals surface area contributed by atoms with E-state index < -0.39 is 6.04 Å². The molecule has 2 amide bonds. The molecular formula is C19H30N2O4. The summed E-state index contributed by atoms with van der Waals surface area (Å²) in [6, 6.07) is 6.93. The Balaban J connectivity index is 2.51. The van der Waals surface area contributed by atoms with E-state index in [0.29, 0.717) is 31.9 Å². The first-order valence-corrected chi connectivity index (χ1v) is 8.49. The quantitative estimate of drug-likeness (QED) is 0.670. The van der Waals surface area contributed by atoms with E-state index in [1.807, 2.05) is 45.0 Å². The number of methoxy groups -OCH3 is 1. The maximum absolute atomic E-state index is 12.2. The Kier molecular flexibility index (Phi) is 8.41. The molecule has 0 saturated carbocycles. The minimum absolute atomic E-state index is 0.112. The smallest absolute Gasteiger partial charge is 0.242 e. The van der Waals surface area contributed by atoms with Crippen LogP contribution in [0.3, 0.4) is 0 Å². The fraction of sp³-hybridized carbons (Fsp3) is 0.579. The van der Waals surface area contributed by atoms with Gasteiger partial charge < -0.3 is 20.1 Å². The molecule has 2 N–H and O–H groups in total. The summed E-state index contributed by atoms with van der Waals surface area (Å²) in [6.45, 7) is 8.91. The molecule has 1 unspecified atom stereocenters. The van der Waals surface area contributed by atoms with Crippen LogP contribution in [0.5, 0.6) is 5.75 Å². The summed E-state index contributed by atoms with van der Waals surface area (Å²) in [4.78, 5) is 24.1. The molecule has 0 radical (unpaired) electrons. The lowest BCUT2D eigenvalue weighted by atomic mass is 9.92. The van der Waals surface area contributed by atoms with Crippen LogP contribution in [0.2, 0.25) is 0 Å². The van der Waals surface area contributed by atoms with Gasteiger partial charge in [-0.1, -0.05) is 39.0 Å². The van der Waals surface area contributed by atoms with Crippen LogP contribution in [0.25, 0.3) is 0 Å². The van der Waals surface area contributed by atoms with Crippen LogP contribution in [-0.2, 0) is 20.9 Å². The average molecular weight is 350 g/mol. The van der Waals surface area contributed by atoms with Gasteiger partial charge in [-0.25, -0.2) is 0 Å². The maximum atomic E-state index is 12.2. The highest BCUT2D eigenvalue weighted by Crippen LogP contribution is 2.18. The summed E-state index contributed by atoms with van der Waals surface area (Å²) in [7, 11) is 1.62. The van der Waals surface area contributed by atoms with Crippen molar-refractivity contribution in [3.8, 4) is 5.75 Å². The lowest BCUT2D eigenvalue weighted by Crippen LogP contribution is -2.45. The van der Waals surface area contributed by atoms with Crippen LogP contribution < -0.4 is 15.4 Å². The van der Waals surface area contributed by atoms with Gasteiger partial charge in [-0.05, 0) is 18.4 Å². The van der Waals surface area contributed by atoms with Crippen LogP contribution in [0.4, 0.5) is 0 Å². The number of amides is 2. The first-order valence-electron chi connectivity index (χ1n) is 8.49. The van der Waals surface area contributed by atoms with E-state index in [4.69, 9.17) is 9.47 Å². The highest BCUT2D eigenvalue weighted by molar-refractivity contribution is 5.87. The number of benzene rings is 1. The summed E-state index contributed by atoms with van der Waals surface area (Å²) in [5.74, 6) is 0.358. The monoisotopic (exact) mass is 350 g/mol. The van der Waals surface area contributed by atoms with Crippen molar-refractivity contribution in [1.29, 1.82) is 0 Å². The fourth-order valence-electron chi connectivity index (χ4n) is 2.20. The van der Waals surface area contributed by atoms with Gasteiger partial charge >= 0.3 is 0 Å². The molecule has 0 fully saturated rings. The summed E-state index contributed by atoms with van der Waals surface area (Å²) in [5.41, 5.74) is 0.763. The van der Waals surface area contributed by atoms with Gasteiger partial charge in [-0.2, -0.15) is 0 Å². The molecule has 0 heterocycles. The summed E-state index contributed by atoms with van der Waals surface area (Å²) in [5, 5.41) is 5.56. The van der Waals surface area contributed by atoms with Crippen molar-refractivity contribution in [1.82, 2.24) is 10.6 Å². The van der Waals surface area contributed by atoms with Crippen molar-refractivity contribution >= 4 is 11.8 Å². The molecule has 6 heteroatoms. The molecular weight excluding hydrogens is 320 g/mol. The third kappa shape index (κ3) is 8.54. The van der Waals surface area contributed by atoms with E-state index >= 15 is 0 Å².